The van der Waals surface area contributed by atoms with Crippen LogP contribution in [-0.2, 0) is 6.42 Å². The van der Waals surface area contributed by atoms with Crippen LogP contribution in [0.2, 0.25) is 0 Å². The normalized spacial score (nSPS) is 10.5. The molecule has 8 nitrogen and oxygen atoms in total. The first-order chi connectivity index (χ1) is 11.3. The molecule has 0 radical (unpaired) electrons. The molecular weight excluding hydrogens is 316 g/mol. The zero-order chi connectivity index (χ0) is 16.1. The second-order valence-electron chi connectivity index (χ2n) is 4.52. The second-order valence-corrected chi connectivity index (χ2v) is 5.38. The van der Waals surface area contributed by atoms with E-state index in [1.54, 1.807) is 24.7 Å². The van der Waals surface area contributed by atoms with Gasteiger partial charge in [-0.25, -0.2) is 4.98 Å². The van der Waals surface area contributed by atoms with Crippen LogP contribution in [0.1, 0.15) is 16.4 Å². The van der Waals surface area contributed by atoms with Gasteiger partial charge in [-0.3, -0.25) is 9.78 Å². The average molecular weight is 330 g/mol. The van der Waals surface area contributed by atoms with Crippen LogP contribution in [0.5, 0.6) is 0 Å². The molecule has 0 spiro atoms. The Hall–Kier alpha value is -2.81. The molecule has 3 aromatic heterocycles. The Bertz CT molecular complexity index is 785. The maximum atomic E-state index is 11.9. The molecule has 9 heteroatoms. The van der Waals surface area contributed by atoms with E-state index in [1.165, 1.54) is 11.3 Å². The Balaban J connectivity index is 1.53. The van der Waals surface area contributed by atoms with Crippen molar-refractivity contribution in [1.82, 2.24) is 25.4 Å². The van der Waals surface area contributed by atoms with E-state index < -0.39 is 0 Å². The fraction of sp³-hybridized carbons (Fsp3) is 0.214. The monoisotopic (exact) mass is 330 g/mol. The molecule has 23 heavy (non-hydrogen) atoms. The summed E-state index contributed by atoms with van der Waals surface area (Å²) in [6.45, 7) is 0.384. The number of thiazole rings is 1. The molecule has 3 aromatic rings. The van der Waals surface area contributed by atoms with Crippen molar-refractivity contribution in [3.63, 3.8) is 0 Å². The average Bonchev–Trinajstić information content (AvgIpc) is 3.25. The highest BCUT2D eigenvalue weighted by Crippen LogP contribution is 2.14. The molecule has 0 atom stereocenters. The smallest absolute Gasteiger partial charge is 0.270 e. The minimum absolute atomic E-state index is 0.229. The van der Waals surface area contributed by atoms with Crippen LogP contribution < -0.4 is 10.6 Å². The summed E-state index contributed by atoms with van der Waals surface area (Å²) in [6, 6.07) is 5.47. The number of nitrogens with zero attached hydrogens (tertiary/aromatic N) is 4. The molecule has 0 aliphatic rings. The molecule has 2 N–H and O–H groups in total. The number of pyridine rings is 1. The largest absolute Gasteiger partial charge is 0.365 e. The molecule has 1 amide bonds. The number of carbonyl (C=O) groups excluding carboxylic acids is 1. The molecule has 0 saturated heterocycles. The maximum Gasteiger partial charge on any atom is 0.270 e. The Kier molecular flexibility index (Phi) is 4.57. The van der Waals surface area contributed by atoms with Gasteiger partial charge in [0, 0.05) is 31.6 Å². The van der Waals surface area contributed by atoms with Crippen molar-refractivity contribution in [3.05, 3.63) is 41.4 Å². The summed E-state index contributed by atoms with van der Waals surface area (Å²) >= 11 is 1.38. The summed E-state index contributed by atoms with van der Waals surface area (Å²) in [5.41, 5.74) is 1.03. The Morgan fingerprint density at radius 3 is 3.00 bits per heavy atom. The van der Waals surface area contributed by atoms with Crippen molar-refractivity contribution in [2.24, 2.45) is 0 Å². The van der Waals surface area contributed by atoms with Crippen LogP contribution in [0, 0.1) is 0 Å². The van der Waals surface area contributed by atoms with Gasteiger partial charge in [-0.2, -0.15) is 4.98 Å². The third-order valence-corrected chi connectivity index (χ3v) is 3.80. The molecule has 0 aliphatic heterocycles. The first-order valence-corrected chi connectivity index (χ1v) is 7.79. The highest BCUT2D eigenvalue weighted by molar-refractivity contribution is 7.13. The van der Waals surface area contributed by atoms with E-state index in [0.29, 0.717) is 41.2 Å². The minimum Gasteiger partial charge on any atom is -0.365 e. The SMILES string of the molecule is CNc1nc(C(=O)NCCc2nc(-c3ccccn3)no2)cs1. The van der Waals surface area contributed by atoms with Gasteiger partial charge in [0.2, 0.25) is 11.7 Å². The van der Waals surface area contributed by atoms with E-state index in [-0.39, 0.29) is 5.91 Å². The molecule has 0 fully saturated rings. The van der Waals surface area contributed by atoms with Gasteiger partial charge in [0.05, 0.1) is 0 Å². The predicted octanol–water partition coefficient (Wildman–Crippen LogP) is 1.60. The first kappa shape index (κ1) is 15.1. The molecule has 0 unspecified atom stereocenters. The van der Waals surface area contributed by atoms with Crippen molar-refractivity contribution in [2.45, 2.75) is 6.42 Å². The fourth-order valence-corrected chi connectivity index (χ4v) is 2.47. The minimum atomic E-state index is -0.229. The lowest BCUT2D eigenvalue weighted by atomic mass is 10.3. The van der Waals surface area contributed by atoms with Crippen molar-refractivity contribution in [2.75, 3.05) is 18.9 Å². The van der Waals surface area contributed by atoms with Gasteiger partial charge >= 0.3 is 0 Å². The third kappa shape index (κ3) is 3.69. The van der Waals surface area contributed by atoms with Crippen LogP contribution in [0.4, 0.5) is 5.13 Å². The van der Waals surface area contributed by atoms with Crippen molar-refractivity contribution in [3.8, 4) is 11.5 Å². The third-order valence-electron chi connectivity index (χ3n) is 2.94. The van der Waals surface area contributed by atoms with E-state index in [4.69, 9.17) is 4.52 Å². The number of aromatic nitrogens is 4. The number of rotatable bonds is 6. The lowest BCUT2D eigenvalue weighted by Crippen LogP contribution is -2.26. The number of amides is 1. The first-order valence-electron chi connectivity index (χ1n) is 6.91. The lowest BCUT2D eigenvalue weighted by molar-refractivity contribution is 0.0949. The molecule has 0 saturated carbocycles. The van der Waals surface area contributed by atoms with Gasteiger partial charge in [-0.05, 0) is 12.1 Å². The van der Waals surface area contributed by atoms with Gasteiger partial charge in [0.15, 0.2) is 5.13 Å². The van der Waals surface area contributed by atoms with Gasteiger partial charge in [-0.1, -0.05) is 11.2 Å². The molecule has 0 aromatic carbocycles. The topological polar surface area (TPSA) is 106 Å². The van der Waals surface area contributed by atoms with Gasteiger partial charge < -0.3 is 15.2 Å². The zero-order valence-electron chi connectivity index (χ0n) is 12.3. The number of anilines is 1. The summed E-state index contributed by atoms with van der Waals surface area (Å²) in [5, 5.41) is 11.9. The lowest BCUT2D eigenvalue weighted by Gasteiger charge is -1.99. The number of hydrogen-bond acceptors (Lipinski definition) is 8. The zero-order valence-corrected chi connectivity index (χ0v) is 13.1. The summed E-state index contributed by atoms with van der Waals surface area (Å²) in [7, 11) is 1.76. The van der Waals surface area contributed by atoms with Crippen LogP contribution >= 0.6 is 11.3 Å². The summed E-state index contributed by atoms with van der Waals surface area (Å²) in [5.74, 6) is 0.650. The van der Waals surface area contributed by atoms with E-state index in [0.717, 1.165) is 0 Å². The van der Waals surface area contributed by atoms with Crippen LogP contribution in [-0.4, -0.2) is 39.6 Å². The molecule has 0 bridgehead atoms. The summed E-state index contributed by atoms with van der Waals surface area (Å²) in [6.07, 6.45) is 2.10. The van der Waals surface area contributed by atoms with Crippen LogP contribution in [0.3, 0.4) is 0 Å². The van der Waals surface area contributed by atoms with E-state index in [2.05, 4.69) is 30.7 Å². The summed E-state index contributed by atoms with van der Waals surface area (Å²) in [4.78, 5) is 24.5. The highest BCUT2D eigenvalue weighted by atomic mass is 32.1. The molecule has 3 heterocycles. The van der Waals surface area contributed by atoms with Crippen LogP contribution in [0.25, 0.3) is 11.5 Å². The fourth-order valence-electron chi connectivity index (χ4n) is 1.82. The predicted molar refractivity (Wildman–Crippen MR) is 85.2 cm³/mol. The number of nitrogens with one attached hydrogen (secondary N) is 2. The van der Waals surface area contributed by atoms with Gasteiger partial charge in [0.1, 0.15) is 11.4 Å². The standard InChI is InChI=1S/C14H14N6O2S/c1-15-14-18-10(8-23-14)13(21)17-7-5-11-19-12(20-22-11)9-4-2-3-6-16-9/h2-4,6,8H,5,7H2,1H3,(H,15,18)(H,17,21). The van der Waals surface area contributed by atoms with Crippen molar-refractivity contribution < 1.29 is 9.32 Å². The number of carbonyl (C=O) groups is 1. The molecule has 118 valence electrons. The summed E-state index contributed by atoms with van der Waals surface area (Å²) < 4.78 is 5.15. The highest BCUT2D eigenvalue weighted by Gasteiger charge is 2.12. The van der Waals surface area contributed by atoms with E-state index in [1.807, 2.05) is 12.1 Å². The maximum absolute atomic E-state index is 11.9. The van der Waals surface area contributed by atoms with Crippen LogP contribution in [0.15, 0.2) is 34.3 Å². The van der Waals surface area contributed by atoms with Crippen molar-refractivity contribution >= 4 is 22.4 Å². The number of hydrogen-bond donors (Lipinski definition) is 2. The van der Waals surface area contributed by atoms with E-state index >= 15 is 0 Å². The Morgan fingerprint density at radius 2 is 2.26 bits per heavy atom. The molecule has 3 rings (SSSR count). The van der Waals surface area contributed by atoms with Gasteiger partial charge in [0.25, 0.3) is 5.91 Å². The Morgan fingerprint density at radius 1 is 1.35 bits per heavy atom. The van der Waals surface area contributed by atoms with Gasteiger partial charge in [-0.15, -0.1) is 11.3 Å². The second kappa shape index (κ2) is 6.97. The molecular formula is C14H14N6O2S. The van der Waals surface area contributed by atoms with E-state index in [9.17, 15) is 4.79 Å². The quantitative estimate of drug-likeness (QED) is 0.707. The molecule has 0 aliphatic carbocycles. The van der Waals surface area contributed by atoms with Crippen molar-refractivity contribution in [1.29, 1.82) is 0 Å². The Labute approximate surface area is 136 Å².